The van der Waals surface area contributed by atoms with Crippen LogP contribution < -0.4 is 11.1 Å². The number of sulfonamides is 1. The first-order valence-corrected chi connectivity index (χ1v) is 5.34. The molecule has 0 bridgehead atoms. The van der Waals surface area contributed by atoms with E-state index in [1.54, 1.807) is 0 Å². The number of nitrogens with two attached hydrogens (primary N) is 1. The summed E-state index contributed by atoms with van der Waals surface area (Å²) in [7, 11) is -3.73. The van der Waals surface area contributed by atoms with Crippen LogP contribution in [0.1, 0.15) is 0 Å². The van der Waals surface area contributed by atoms with E-state index >= 15 is 0 Å². The predicted molar refractivity (Wildman–Crippen MR) is 51.7 cm³/mol. The smallest absolute Gasteiger partial charge is 0.289 e. The molecule has 0 unspecified atom stereocenters. The highest BCUT2D eigenvalue weighted by Gasteiger charge is 2.24. The van der Waals surface area contributed by atoms with E-state index in [-0.39, 0.29) is 21.7 Å². The van der Waals surface area contributed by atoms with Gasteiger partial charge in [0.15, 0.2) is 0 Å². The molecule has 0 aliphatic carbocycles. The van der Waals surface area contributed by atoms with Crippen LogP contribution in [0.25, 0.3) is 0 Å². The topological polar surface area (TPSA) is 97.4 Å². The van der Waals surface area contributed by atoms with E-state index in [9.17, 15) is 8.42 Å². The van der Waals surface area contributed by atoms with Crippen molar-refractivity contribution in [2.24, 2.45) is 10.1 Å². The normalized spacial score (nSPS) is 17.9. The summed E-state index contributed by atoms with van der Waals surface area (Å²) in [5.41, 5.74) is 5.56. The number of fused-ring (bicyclic) bond motifs is 1. The van der Waals surface area contributed by atoms with E-state index in [4.69, 9.17) is 17.3 Å². The van der Waals surface area contributed by atoms with Crippen LogP contribution in [0.15, 0.2) is 21.6 Å². The molecule has 0 amide bonds. The zero-order chi connectivity index (χ0) is 10.3. The van der Waals surface area contributed by atoms with E-state index in [0.29, 0.717) is 0 Å². The minimum Gasteiger partial charge on any atom is -0.369 e. The second-order valence-electron chi connectivity index (χ2n) is 2.58. The molecule has 0 atom stereocenters. The third-order valence-corrected chi connectivity index (χ3v) is 3.12. The molecule has 0 fully saturated rings. The molecule has 2 rings (SSSR count). The highest BCUT2D eigenvalue weighted by Crippen LogP contribution is 2.27. The number of anilines is 1. The molecule has 14 heavy (non-hydrogen) atoms. The number of pyridine rings is 1. The first kappa shape index (κ1) is 9.22. The SMILES string of the molecule is NC1=NS(=O)(=O)c2cnc(Cl)cc2N1. The van der Waals surface area contributed by atoms with Crippen molar-refractivity contribution in [3.05, 3.63) is 17.4 Å². The van der Waals surface area contributed by atoms with Crippen LogP contribution in [0.4, 0.5) is 5.69 Å². The van der Waals surface area contributed by atoms with Gasteiger partial charge < -0.3 is 11.1 Å². The second kappa shape index (κ2) is 2.82. The third-order valence-electron chi connectivity index (χ3n) is 1.59. The molecule has 1 aromatic heterocycles. The van der Waals surface area contributed by atoms with Crippen LogP contribution in [0.5, 0.6) is 0 Å². The Hall–Kier alpha value is -1.34. The van der Waals surface area contributed by atoms with Crippen LogP contribution in [-0.2, 0) is 10.0 Å². The number of rotatable bonds is 0. The van der Waals surface area contributed by atoms with Gasteiger partial charge in [-0.25, -0.2) is 4.98 Å². The summed E-state index contributed by atoms with van der Waals surface area (Å²) in [6.45, 7) is 0. The molecule has 0 aromatic carbocycles. The minimum atomic E-state index is -3.73. The standard InChI is InChI=1S/C6H5ClN4O2S/c7-5-1-3-4(2-9-5)14(12,13)11-6(8)10-3/h1-2H,(H3,8,10,11). The fraction of sp³-hybridized carbons (Fsp3) is 0. The lowest BCUT2D eigenvalue weighted by Gasteiger charge is -2.14. The Balaban J connectivity index is 2.71. The summed E-state index contributed by atoms with van der Waals surface area (Å²) < 4.78 is 26.1. The monoisotopic (exact) mass is 232 g/mol. The van der Waals surface area contributed by atoms with Crippen molar-refractivity contribution >= 4 is 33.3 Å². The lowest BCUT2D eigenvalue weighted by molar-refractivity contribution is 0.597. The number of halogens is 1. The molecule has 1 aliphatic rings. The van der Waals surface area contributed by atoms with Gasteiger partial charge in [0.05, 0.1) is 11.9 Å². The molecule has 6 nitrogen and oxygen atoms in total. The van der Waals surface area contributed by atoms with E-state index in [2.05, 4.69) is 14.7 Å². The maximum absolute atomic E-state index is 11.4. The molecule has 1 aromatic rings. The maximum atomic E-state index is 11.4. The van der Waals surface area contributed by atoms with E-state index in [0.717, 1.165) is 6.20 Å². The number of aromatic nitrogens is 1. The highest BCUT2D eigenvalue weighted by molar-refractivity contribution is 7.90. The van der Waals surface area contributed by atoms with Gasteiger partial charge in [-0.3, -0.25) is 0 Å². The predicted octanol–water partition coefficient (Wildman–Crippen LogP) is 0.164. The molecular weight excluding hydrogens is 228 g/mol. The largest absolute Gasteiger partial charge is 0.369 e. The van der Waals surface area contributed by atoms with Gasteiger partial charge in [0, 0.05) is 6.07 Å². The maximum Gasteiger partial charge on any atom is 0.289 e. The van der Waals surface area contributed by atoms with Gasteiger partial charge in [-0.1, -0.05) is 11.6 Å². The van der Waals surface area contributed by atoms with Crippen LogP contribution >= 0.6 is 11.6 Å². The Morgan fingerprint density at radius 3 is 2.93 bits per heavy atom. The van der Waals surface area contributed by atoms with Crippen molar-refractivity contribution < 1.29 is 8.42 Å². The van der Waals surface area contributed by atoms with Crippen LogP contribution in [0, 0.1) is 0 Å². The summed E-state index contributed by atoms with van der Waals surface area (Å²) in [5.74, 6) is -0.181. The van der Waals surface area contributed by atoms with Crippen molar-refractivity contribution in [1.82, 2.24) is 4.98 Å². The zero-order valence-electron chi connectivity index (χ0n) is 6.73. The van der Waals surface area contributed by atoms with Crippen LogP contribution in [-0.4, -0.2) is 19.4 Å². The zero-order valence-corrected chi connectivity index (χ0v) is 8.30. The van der Waals surface area contributed by atoms with E-state index < -0.39 is 10.0 Å². The van der Waals surface area contributed by atoms with Crippen molar-refractivity contribution in [3.63, 3.8) is 0 Å². The van der Waals surface area contributed by atoms with Gasteiger partial charge in [0.2, 0.25) is 5.96 Å². The average molecular weight is 233 g/mol. The van der Waals surface area contributed by atoms with Crippen LogP contribution in [0.2, 0.25) is 5.15 Å². The molecule has 1 aliphatic heterocycles. The molecule has 0 spiro atoms. The quantitative estimate of drug-likeness (QED) is 0.621. The van der Waals surface area contributed by atoms with Gasteiger partial charge in [-0.2, -0.15) is 8.42 Å². The van der Waals surface area contributed by atoms with Gasteiger partial charge >= 0.3 is 0 Å². The first-order chi connectivity index (χ1) is 6.49. The number of nitrogens with one attached hydrogen (secondary N) is 1. The minimum absolute atomic E-state index is 0.0314. The Labute approximate surface area is 84.9 Å². The molecule has 74 valence electrons. The summed E-state index contributed by atoms with van der Waals surface area (Å²) in [6.07, 6.45) is 1.13. The van der Waals surface area contributed by atoms with Gasteiger partial charge in [0.1, 0.15) is 10.0 Å². The number of nitrogens with zero attached hydrogens (tertiary/aromatic N) is 2. The van der Waals surface area contributed by atoms with Crippen molar-refractivity contribution in [3.8, 4) is 0 Å². The Morgan fingerprint density at radius 1 is 1.50 bits per heavy atom. The molecule has 2 heterocycles. The van der Waals surface area contributed by atoms with Gasteiger partial charge in [-0.05, 0) is 0 Å². The summed E-state index contributed by atoms with van der Waals surface area (Å²) in [4.78, 5) is 3.62. The third kappa shape index (κ3) is 1.40. The van der Waals surface area contributed by atoms with Crippen LogP contribution in [0.3, 0.4) is 0 Å². The number of guanidine groups is 1. The summed E-state index contributed by atoms with van der Waals surface area (Å²) in [5, 5.41) is 2.76. The lowest BCUT2D eigenvalue weighted by atomic mass is 10.4. The second-order valence-corrected chi connectivity index (χ2v) is 4.54. The summed E-state index contributed by atoms with van der Waals surface area (Å²) in [6, 6.07) is 1.37. The Bertz CT molecular complexity index is 525. The molecular formula is C6H5ClN4O2S. The molecule has 8 heteroatoms. The Morgan fingerprint density at radius 2 is 2.21 bits per heavy atom. The van der Waals surface area contributed by atoms with E-state index in [1.165, 1.54) is 6.07 Å². The van der Waals surface area contributed by atoms with E-state index in [1.807, 2.05) is 0 Å². The lowest BCUT2D eigenvalue weighted by Crippen LogP contribution is -2.28. The van der Waals surface area contributed by atoms with Gasteiger partial charge in [0.25, 0.3) is 10.0 Å². The Kier molecular flexibility index (Phi) is 1.86. The summed E-state index contributed by atoms with van der Waals surface area (Å²) >= 11 is 5.59. The van der Waals surface area contributed by atoms with Crippen molar-refractivity contribution in [1.29, 1.82) is 0 Å². The number of hydrogen-bond donors (Lipinski definition) is 2. The number of hydrogen-bond acceptors (Lipinski definition) is 5. The molecule has 0 saturated carbocycles. The fourth-order valence-electron chi connectivity index (χ4n) is 1.06. The van der Waals surface area contributed by atoms with Crippen molar-refractivity contribution in [2.45, 2.75) is 4.90 Å². The fourth-order valence-corrected chi connectivity index (χ4v) is 2.19. The first-order valence-electron chi connectivity index (χ1n) is 3.52. The average Bonchev–Trinajstić information content (AvgIpc) is 2.00. The van der Waals surface area contributed by atoms with Gasteiger partial charge in [-0.15, -0.1) is 4.40 Å². The molecule has 3 N–H and O–H groups in total. The molecule has 0 radical (unpaired) electrons. The van der Waals surface area contributed by atoms with Crippen molar-refractivity contribution in [2.75, 3.05) is 5.32 Å². The highest BCUT2D eigenvalue weighted by atomic mass is 35.5. The molecule has 0 saturated heterocycles.